The highest BCUT2D eigenvalue weighted by Gasteiger charge is 2.11. The summed E-state index contributed by atoms with van der Waals surface area (Å²) in [6, 6.07) is 6.13. The molecule has 0 spiro atoms. The highest BCUT2D eigenvalue weighted by molar-refractivity contribution is 6.31. The Balaban J connectivity index is 2.79. The molecule has 0 amide bonds. The summed E-state index contributed by atoms with van der Waals surface area (Å²) < 4.78 is 10.9. The SMILES string of the molecule is COCC(C)Oc1cccc(Cl)c1CNC(C)C. The molecule has 4 heteroatoms. The van der Waals surface area contributed by atoms with Crippen LogP contribution in [0, 0.1) is 0 Å². The van der Waals surface area contributed by atoms with E-state index in [-0.39, 0.29) is 6.10 Å². The highest BCUT2D eigenvalue weighted by atomic mass is 35.5. The number of benzene rings is 1. The molecule has 1 aromatic carbocycles. The molecule has 0 heterocycles. The van der Waals surface area contributed by atoms with Crippen molar-refractivity contribution in [3.05, 3.63) is 28.8 Å². The number of hydrogen-bond donors (Lipinski definition) is 1. The molecule has 1 unspecified atom stereocenters. The number of ether oxygens (including phenoxy) is 2. The van der Waals surface area contributed by atoms with Gasteiger partial charge in [-0.3, -0.25) is 0 Å². The van der Waals surface area contributed by atoms with Crippen molar-refractivity contribution in [3.8, 4) is 5.75 Å². The molecule has 1 rings (SSSR count). The minimum atomic E-state index is 0.00580. The van der Waals surface area contributed by atoms with Crippen LogP contribution >= 0.6 is 11.6 Å². The predicted octanol–water partition coefficient (Wildman–Crippen LogP) is 3.25. The summed E-state index contributed by atoms with van der Waals surface area (Å²) >= 11 is 6.22. The summed E-state index contributed by atoms with van der Waals surface area (Å²) in [5, 5.41) is 4.08. The molecule has 0 fully saturated rings. The molecule has 3 nitrogen and oxygen atoms in total. The Morgan fingerprint density at radius 1 is 1.28 bits per heavy atom. The summed E-state index contributed by atoms with van der Waals surface area (Å²) in [6.07, 6.45) is 0.00580. The van der Waals surface area contributed by atoms with Crippen molar-refractivity contribution in [2.45, 2.75) is 39.5 Å². The van der Waals surface area contributed by atoms with Crippen molar-refractivity contribution >= 4 is 11.6 Å². The molecule has 0 aromatic heterocycles. The van der Waals surface area contributed by atoms with E-state index in [9.17, 15) is 0 Å². The highest BCUT2D eigenvalue weighted by Crippen LogP contribution is 2.27. The van der Waals surface area contributed by atoms with Gasteiger partial charge in [0, 0.05) is 30.3 Å². The average molecular weight is 272 g/mol. The number of hydrogen-bond acceptors (Lipinski definition) is 3. The van der Waals surface area contributed by atoms with E-state index in [1.54, 1.807) is 7.11 Å². The molecule has 1 atom stereocenters. The van der Waals surface area contributed by atoms with Crippen LogP contribution in [0.3, 0.4) is 0 Å². The Hall–Kier alpha value is -0.770. The van der Waals surface area contributed by atoms with Gasteiger partial charge in [0.05, 0.1) is 6.61 Å². The minimum absolute atomic E-state index is 0.00580. The zero-order valence-electron chi connectivity index (χ0n) is 11.5. The second kappa shape index (κ2) is 7.62. The van der Waals surface area contributed by atoms with Gasteiger partial charge in [0.25, 0.3) is 0 Å². The van der Waals surface area contributed by atoms with Crippen molar-refractivity contribution in [1.29, 1.82) is 0 Å². The predicted molar refractivity (Wildman–Crippen MR) is 75.4 cm³/mol. The van der Waals surface area contributed by atoms with E-state index in [2.05, 4.69) is 19.2 Å². The summed E-state index contributed by atoms with van der Waals surface area (Å²) in [5.41, 5.74) is 0.996. The van der Waals surface area contributed by atoms with Crippen molar-refractivity contribution in [1.82, 2.24) is 5.32 Å². The maximum absolute atomic E-state index is 6.22. The first-order valence-electron chi connectivity index (χ1n) is 6.21. The standard InChI is InChI=1S/C14H22ClNO2/c1-10(2)16-8-12-13(15)6-5-7-14(12)18-11(3)9-17-4/h5-7,10-11,16H,8-9H2,1-4H3. The Morgan fingerprint density at radius 2 is 2.00 bits per heavy atom. The van der Waals surface area contributed by atoms with E-state index in [1.807, 2.05) is 25.1 Å². The van der Waals surface area contributed by atoms with Crippen LogP contribution in [-0.4, -0.2) is 25.9 Å². The number of nitrogens with one attached hydrogen (secondary N) is 1. The maximum atomic E-state index is 6.22. The first-order valence-corrected chi connectivity index (χ1v) is 6.58. The van der Waals surface area contributed by atoms with Crippen LogP contribution in [0.25, 0.3) is 0 Å². The molecule has 0 radical (unpaired) electrons. The Labute approximate surface area is 114 Å². The molecule has 1 aromatic rings. The largest absolute Gasteiger partial charge is 0.488 e. The van der Waals surface area contributed by atoms with Crippen LogP contribution < -0.4 is 10.1 Å². The van der Waals surface area contributed by atoms with Crippen molar-refractivity contribution in [3.63, 3.8) is 0 Å². The van der Waals surface area contributed by atoms with Gasteiger partial charge in [-0.05, 0) is 19.1 Å². The zero-order chi connectivity index (χ0) is 13.5. The second-order valence-electron chi connectivity index (χ2n) is 4.64. The van der Waals surface area contributed by atoms with Crippen LogP contribution in [0.5, 0.6) is 5.75 Å². The Morgan fingerprint density at radius 3 is 2.61 bits per heavy atom. The molecular weight excluding hydrogens is 250 g/mol. The summed E-state index contributed by atoms with van der Waals surface area (Å²) in [7, 11) is 1.67. The van der Waals surface area contributed by atoms with Crippen LogP contribution in [0.2, 0.25) is 5.02 Å². The summed E-state index contributed by atoms with van der Waals surface area (Å²) in [6.45, 7) is 7.44. The first kappa shape index (κ1) is 15.3. The van der Waals surface area contributed by atoms with Gasteiger partial charge in [-0.1, -0.05) is 31.5 Å². The van der Waals surface area contributed by atoms with Gasteiger partial charge >= 0.3 is 0 Å². The summed E-state index contributed by atoms with van der Waals surface area (Å²) in [4.78, 5) is 0. The van der Waals surface area contributed by atoms with E-state index in [0.29, 0.717) is 19.2 Å². The molecule has 102 valence electrons. The Bertz CT molecular complexity index is 369. The van der Waals surface area contributed by atoms with Gasteiger partial charge in [0.1, 0.15) is 11.9 Å². The molecule has 0 aliphatic carbocycles. The van der Waals surface area contributed by atoms with Gasteiger partial charge in [0.2, 0.25) is 0 Å². The van der Waals surface area contributed by atoms with E-state index in [4.69, 9.17) is 21.1 Å². The molecule has 18 heavy (non-hydrogen) atoms. The molecule has 0 aliphatic rings. The van der Waals surface area contributed by atoms with Gasteiger partial charge in [-0.25, -0.2) is 0 Å². The third-order valence-electron chi connectivity index (χ3n) is 2.49. The zero-order valence-corrected chi connectivity index (χ0v) is 12.3. The normalized spacial score (nSPS) is 12.8. The van der Waals surface area contributed by atoms with E-state index < -0.39 is 0 Å². The van der Waals surface area contributed by atoms with E-state index in [0.717, 1.165) is 16.3 Å². The molecule has 1 N–H and O–H groups in total. The van der Waals surface area contributed by atoms with Crippen LogP contribution in [-0.2, 0) is 11.3 Å². The fourth-order valence-electron chi connectivity index (χ4n) is 1.61. The number of rotatable bonds is 7. The monoisotopic (exact) mass is 271 g/mol. The first-order chi connectivity index (χ1) is 8.54. The number of methoxy groups -OCH3 is 1. The lowest BCUT2D eigenvalue weighted by atomic mass is 10.2. The smallest absolute Gasteiger partial charge is 0.125 e. The van der Waals surface area contributed by atoms with Crippen molar-refractivity contribution < 1.29 is 9.47 Å². The third kappa shape index (κ3) is 4.84. The Kier molecular flexibility index (Phi) is 6.47. The van der Waals surface area contributed by atoms with Gasteiger partial charge in [-0.15, -0.1) is 0 Å². The lowest BCUT2D eigenvalue weighted by Crippen LogP contribution is -2.24. The van der Waals surface area contributed by atoms with Crippen LogP contribution in [0.15, 0.2) is 18.2 Å². The van der Waals surface area contributed by atoms with Gasteiger partial charge < -0.3 is 14.8 Å². The quantitative estimate of drug-likeness (QED) is 0.826. The fourth-order valence-corrected chi connectivity index (χ4v) is 1.85. The topological polar surface area (TPSA) is 30.5 Å². The molecule has 0 saturated heterocycles. The molecule has 0 bridgehead atoms. The molecule has 0 saturated carbocycles. The van der Waals surface area contributed by atoms with Crippen molar-refractivity contribution in [2.24, 2.45) is 0 Å². The summed E-state index contributed by atoms with van der Waals surface area (Å²) in [5.74, 6) is 0.820. The maximum Gasteiger partial charge on any atom is 0.125 e. The van der Waals surface area contributed by atoms with Gasteiger partial charge in [-0.2, -0.15) is 0 Å². The van der Waals surface area contributed by atoms with Crippen molar-refractivity contribution in [2.75, 3.05) is 13.7 Å². The molecular formula is C14H22ClNO2. The minimum Gasteiger partial charge on any atom is -0.488 e. The van der Waals surface area contributed by atoms with E-state index in [1.165, 1.54) is 0 Å². The molecule has 0 aliphatic heterocycles. The lowest BCUT2D eigenvalue weighted by Gasteiger charge is -2.18. The fraction of sp³-hybridized carbons (Fsp3) is 0.571. The number of halogens is 1. The van der Waals surface area contributed by atoms with Crippen LogP contribution in [0.1, 0.15) is 26.3 Å². The van der Waals surface area contributed by atoms with E-state index >= 15 is 0 Å². The third-order valence-corrected chi connectivity index (χ3v) is 2.85. The lowest BCUT2D eigenvalue weighted by molar-refractivity contribution is 0.0913. The second-order valence-corrected chi connectivity index (χ2v) is 5.04. The average Bonchev–Trinajstić information content (AvgIpc) is 2.28. The van der Waals surface area contributed by atoms with Crippen LogP contribution in [0.4, 0.5) is 0 Å². The van der Waals surface area contributed by atoms with Gasteiger partial charge in [0.15, 0.2) is 0 Å².